The van der Waals surface area contributed by atoms with E-state index < -0.39 is 78.7 Å². The van der Waals surface area contributed by atoms with Crippen LogP contribution in [-0.4, -0.2) is 39.8 Å². The van der Waals surface area contributed by atoms with E-state index >= 15 is 4.39 Å². The normalized spacial score (nSPS) is 24.0. The molecule has 0 aliphatic heterocycles. The van der Waals surface area contributed by atoms with Crippen molar-refractivity contribution in [1.82, 2.24) is 4.72 Å². The molecule has 1 aromatic carbocycles. The van der Waals surface area contributed by atoms with Crippen LogP contribution in [0.25, 0.3) is 0 Å². The number of sulfone groups is 1. The first-order chi connectivity index (χ1) is 13.5. The molecular formula is C16H18F7NO4S2. The summed E-state index contributed by atoms with van der Waals surface area (Å²) >= 11 is 0. The van der Waals surface area contributed by atoms with Gasteiger partial charge in [-0.1, -0.05) is 6.07 Å². The highest BCUT2D eigenvalue weighted by atomic mass is 32.2. The molecule has 0 amide bonds. The molecule has 1 aliphatic rings. The summed E-state index contributed by atoms with van der Waals surface area (Å²) in [4.78, 5) is -0.857. The summed E-state index contributed by atoms with van der Waals surface area (Å²) in [5, 5.41) is -2.93. The van der Waals surface area contributed by atoms with Gasteiger partial charge in [-0.2, -0.15) is 26.3 Å². The number of hydrogen-bond acceptors (Lipinski definition) is 4. The van der Waals surface area contributed by atoms with Crippen LogP contribution in [0.1, 0.15) is 37.7 Å². The number of alkyl halides is 7. The van der Waals surface area contributed by atoms with Gasteiger partial charge >= 0.3 is 12.4 Å². The Kier molecular flexibility index (Phi) is 6.85. The zero-order chi connectivity index (χ0) is 23.0. The van der Waals surface area contributed by atoms with Gasteiger partial charge in [-0.25, -0.2) is 25.9 Å². The van der Waals surface area contributed by atoms with Crippen molar-refractivity contribution in [1.29, 1.82) is 0 Å². The minimum Gasteiger partial charge on any atom is -0.226 e. The lowest BCUT2D eigenvalue weighted by Crippen LogP contribution is -2.45. The number of rotatable bonds is 6. The first-order valence-electron chi connectivity index (χ1n) is 8.63. The van der Waals surface area contributed by atoms with E-state index in [9.17, 15) is 43.2 Å². The molecule has 0 spiro atoms. The molecule has 1 fully saturated rings. The van der Waals surface area contributed by atoms with Crippen molar-refractivity contribution in [3.05, 3.63) is 29.8 Å². The monoisotopic (exact) mass is 485 g/mol. The largest absolute Gasteiger partial charge is 0.416 e. The van der Waals surface area contributed by atoms with Crippen LogP contribution in [0.3, 0.4) is 0 Å². The Labute approximate surface area is 168 Å². The number of nitrogens with one attached hydrogen (secondary N) is 1. The van der Waals surface area contributed by atoms with Crippen LogP contribution in [0.15, 0.2) is 29.2 Å². The maximum absolute atomic E-state index is 15.2. The second-order valence-corrected chi connectivity index (χ2v) is 11.1. The van der Waals surface area contributed by atoms with Gasteiger partial charge in [0.25, 0.3) is 0 Å². The van der Waals surface area contributed by atoms with E-state index in [2.05, 4.69) is 0 Å². The Bertz CT molecular complexity index is 964. The van der Waals surface area contributed by atoms with Gasteiger partial charge < -0.3 is 0 Å². The molecule has 1 aliphatic carbocycles. The van der Waals surface area contributed by atoms with Crippen LogP contribution in [0, 0.1) is 0 Å². The van der Waals surface area contributed by atoms with E-state index in [1.165, 1.54) is 0 Å². The lowest BCUT2D eigenvalue weighted by molar-refractivity contribution is -0.137. The summed E-state index contributed by atoms with van der Waals surface area (Å²) < 4.78 is 141. The maximum Gasteiger partial charge on any atom is 0.416 e. The molecule has 0 aromatic heterocycles. The zero-order valence-corrected chi connectivity index (χ0v) is 16.9. The zero-order valence-electron chi connectivity index (χ0n) is 15.2. The number of sulfonamides is 1. The highest BCUT2D eigenvalue weighted by Gasteiger charge is 2.48. The van der Waals surface area contributed by atoms with Gasteiger partial charge in [-0.3, -0.25) is 0 Å². The molecule has 1 N–H and O–H groups in total. The van der Waals surface area contributed by atoms with Crippen molar-refractivity contribution in [3.63, 3.8) is 0 Å². The number of halogens is 7. The average Bonchev–Trinajstić information content (AvgIpc) is 2.61. The molecule has 0 atom stereocenters. The summed E-state index contributed by atoms with van der Waals surface area (Å²) in [6, 6.07) is 1.64. The molecule has 172 valence electrons. The smallest absolute Gasteiger partial charge is 0.226 e. The first kappa shape index (κ1) is 24.9. The van der Waals surface area contributed by atoms with Crippen molar-refractivity contribution in [2.45, 2.75) is 60.4 Å². The van der Waals surface area contributed by atoms with E-state index in [-0.39, 0.29) is 12.8 Å². The highest BCUT2D eigenvalue weighted by molar-refractivity contribution is 7.92. The predicted octanol–water partition coefficient (Wildman–Crippen LogP) is 3.96. The van der Waals surface area contributed by atoms with Gasteiger partial charge in [0, 0.05) is 6.04 Å². The van der Waals surface area contributed by atoms with E-state index in [1.807, 2.05) is 4.72 Å². The fourth-order valence-electron chi connectivity index (χ4n) is 3.05. The predicted molar refractivity (Wildman–Crippen MR) is 92.3 cm³/mol. The van der Waals surface area contributed by atoms with Crippen LogP contribution in [0.5, 0.6) is 0 Å². The molecule has 0 unspecified atom stereocenters. The second kappa shape index (κ2) is 8.26. The Hall–Kier alpha value is -1.41. The lowest BCUT2D eigenvalue weighted by Gasteiger charge is -2.33. The highest BCUT2D eigenvalue weighted by Crippen LogP contribution is 2.41. The molecule has 1 aromatic rings. The summed E-state index contributed by atoms with van der Waals surface area (Å²) in [6.07, 6.45) is -13.2. The molecule has 14 heteroatoms. The molecule has 0 radical (unpaired) electrons. The van der Waals surface area contributed by atoms with Crippen molar-refractivity contribution < 1.29 is 47.6 Å². The fraction of sp³-hybridized carbons (Fsp3) is 0.625. The van der Waals surface area contributed by atoms with E-state index in [4.69, 9.17) is 0 Å². The number of hydrogen-bond donors (Lipinski definition) is 1. The van der Waals surface area contributed by atoms with Crippen LogP contribution < -0.4 is 4.72 Å². The maximum atomic E-state index is 15.2. The minimum atomic E-state index is -4.83. The SMILES string of the molecule is O=S(=O)(CCC(F)(F)F)NC1CCC(F)(S(=O)(=O)c2cccc(C(F)(F)F)c2)CC1. The molecule has 5 nitrogen and oxygen atoms in total. The fourth-order valence-corrected chi connectivity index (χ4v) is 6.15. The molecule has 0 saturated heterocycles. The van der Waals surface area contributed by atoms with Crippen molar-refractivity contribution in [3.8, 4) is 0 Å². The second-order valence-electron chi connectivity index (χ2n) is 6.99. The molecule has 2 rings (SSSR count). The molecule has 30 heavy (non-hydrogen) atoms. The van der Waals surface area contributed by atoms with Crippen LogP contribution >= 0.6 is 0 Å². The van der Waals surface area contributed by atoms with Gasteiger partial charge in [-0.15, -0.1) is 0 Å². The third kappa shape index (κ3) is 6.06. The third-order valence-corrected chi connectivity index (χ3v) is 8.37. The molecule has 0 heterocycles. The van der Waals surface area contributed by atoms with E-state index in [1.54, 1.807) is 0 Å². The lowest BCUT2D eigenvalue weighted by atomic mass is 9.94. The Morgan fingerprint density at radius 2 is 1.57 bits per heavy atom. The Morgan fingerprint density at radius 1 is 1.00 bits per heavy atom. The summed E-state index contributed by atoms with van der Waals surface area (Å²) in [5.74, 6) is -1.23. The van der Waals surface area contributed by atoms with E-state index in [0.29, 0.717) is 12.1 Å². The molecule has 1 saturated carbocycles. The van der Waals surface area contributed by atoms with Crippen LogP contribution in [0.4, 0.5) is 30.7 Å². The summed E-state index contributed by atoms with van der Waals surface area (Å²) in [7, 11) is -9.16. The average molecular weight is 485 g/mol. The van der Waals surface area contributed by atoms with Gasteiger partial charge in [0.05, 0.1) is 22.6 Å². The topological polar surface area (TPSA) is 80.3 Å². The van der Waals surface area contributed by atoms with Gasteiger partial charge in [0.15, 0.2) is 0 Å². The van der Waals surface area contributed by atoms with Crippen molar-refractivity contribution in [2.75, 3.05) is 5.75 Å². The summed E-state index contributed by atoms with van der Waals surface area (Å²) in [5.41, 5.74) is -1.27. The third-order valence-electron chi connectivity index (χ3n) is 4.69. The van der Waals surface area contributed by atoms with Gasteiger partial charge in [0.1, 0.15) is 0 Å². The minimum absolute atomic E-state index is 0.322. The molecule has 0 bridgehead atoms. The Balaban J connectivity index is 2.10. The van der Waals surface area contributed by atoms with Crippen LogP contribution in [-0.2, 0) is 26.0 Å². The van der Waals surface area contributed by atoms with Crippen molar-refractivity contribution >= 4 is 19.9 Å². The number of benzene rings is 1. The van der Waals surface area contributed by atoms with Crippen LogP contribution in [0.2, 0.25) is 0 Å². The van der Waals surface area contributed by atoms with Gasteiger partial charge in [0.2, 0.25) is 24.9 Å². The van der Waals surface area contributed by atoms with E-state index in [0.717, 1.165) is 12.1 Å². The van der Waals surface area contributed by atoms with Gasteiger partial charge in [-0.05, 0) is 43.9 Å². The first-order valence-corrected chi connectivity index (χ1v) is 11.8. The van der Waals surface area contributed by atoms with Crippen molar-refractivity contribution in [2.24, 2.45) is 0 Å². The standard InChI is InChI=1S/C16H18F7NO4S2/c17-14(30(27,28)13-3-1-2-11(10-13)16(21,22)23)6-4-12(5-7-14)24-29(25,26)9-8-15(18,19)20/h1-3,10,12,24H,4-9H2. The quantitative estimate of drug-likeness (QED) is 0.619. The molecular weight excluding hydrogens is 467 g/mol. The summed E-state index contributed by atoms with van der Waals surface area (Å²) in [6.45, 7) is 0. The Morgan fingerprint density at radius 3 is 2.07 bits per heavy atom.